The number of nitrogens with zero attached hydrogens (tertiary/aromatic N) is 1. The van der Waals surface area contributed by atoms with Gasteiger partial charge in [-0.3, -0.25) is 0 Å². The summed E-state index contributed by atoms with van der Waals surface area (Å²) in [6, 6.07) is 6.98. The van der Waals surface area contributed by atoms with Crippen molar-refractivity contribution in [1.29, 1.82) is 0 Å². The first-order chi connectivity index (χ1) is 9.93. The molecule has 0 amide bonds. The minimum Gasteiger partial charge on any atom is -0.374 e. The van der Waals surface area contributed by atoms with E-state index in [4.69, 9.17) is 0 Å². The standard InChI is InChI=1S/C20H31N/c1-7-8-20(19-10-9-15(3)16(4)11-19)17(5)18(6)21-12-14(2)13-21/h9-11,14,17,20H,6-8,12-13H2,1-5H3. The predicted molar refractivity (Wildman–Crippen MR) is 92.6 cm³/mol. The monoisotopic (exact) mass is 285 g/mol. The fraction of sp³-hybridized carbons (Fsp3) is 0.600. The van der Waals surface area contributed by atoms with Crippen LogP contribution >= 0.6 is 0 Å². The lowest BCUT2D eigenvalue weighted by molar-refractivity contribution is 0.137. The molecule has 21 heavy (non-hydrogen) atoms. The Morgan fingerprint density at radius 2 is 1.95 bits per heavy atom. The molecule has 0 aromatic heterocycles. The molecule has 116 valence electrons. The van der Waals surface area contributed by atoms with Crippen molar-refractivity contribution >= 4 is 0 Å². The van der Waals surface area contributed by atoms with Gasteiger partial charge in [-0.15, -0.1) is 0 Å². The minimum atomic E-state index is 0.527. The van der Waals surface area contributed by atoms with Gasteiger partial charge in [0.05, 0.1) is 0 Å². The number of hydrogen-bond donors (Lipinski definition) is 0. The molecular formula is C20H31N. The summed E-state index contributed by atoms with van der Waals surface area (Å²) in [6.07, 6.45) is 2.47. The average molecular weight is 285 g/mol. The molecule has 2 unspecified atom stereocenters. The van der Waals surface area contributed by atoms with Crippen LogP contribution in [0.15, 0.2) is 30.5 Å². The smallest absolute Gasteiger partial charge is 0.0217 e. The molecule has 0 radical (unpaired) electrons. The molecule has 2 rings (SSSR count). The summed E-state index contributed by atoms with van der Waals surface area (Å²) in [4.78, 5) is 2.47. The highest BCUT2D eigenvalue weighted by atomic mass is 15.2. The van der Waals surface area contributed by atoms with Gasteiger partial charge in [-0.2, -0.15) is 0 Å². The lowest BCUT2D eigenvalue weighted by atomic mass is 9.80. The molecule has 0 bridgehead atoms. The Morgan fingerprint density at radius 1 is 1.29 bits per heavy atom. The molecule has 0 aliphatic carbocycles. The molecule has 1 heterocycles. The van der Waals surface area contributed by atoms with Crippen molar-refractivity contribution in [2.75, 3.05) is 13.1 Å². The van der Waals surface area contributed by atoms with E-state index in [9.17, 15) is 0 Å². The van der Waals surface area contributed by atoms with Gasteiger partial charge in [0, 0.05) is 24.7 Å². The quantitative estimate of drug-likeness (QED) is 0.686. The van der Waals surface area contributed by atoms with Crippen LogP contribution in [-0.4, -0.2) is 18.0 Å². The van der Waals surface area contributed by atoms with Crippen LogP contribution in [0.25, 0.3) is 0 Å². The van der Waals surface area contributed by atoms with Crippen LogP contribution in [0.5, 0.6) is 0 Å². The third-order valence-corrected chi connectivity index (χ3v) is 5.16. The van der Waals surface area contributed by atoms with E-state index in [0.29, 0.717) is 11.8 Å². The van der Waals surface area contributed by atoms with Crippen LogP contribution in [0, 0.1) is 25.7 Å². The van der Waals surface area contributed by atoms with Crippen molar-refractivity contribution in [2.24, 2.45) is 11.8 Å². The second kappa shape index (κ2) is 6.68. The third kappa shape index (κ3) is 3.51. The summed E-state index contributed by atoms with van der Waals surface area (Å²) in [5.74, 6) is 1.96. The molecule has 2 atom stereocenters. The van der Waals surface area contributed by atoms with Gasteiger partial charge in [-0.05, 0) is 48.8 Å². The first-order valence-electron chi connectivity index (χ1n) is 8.44. The Morgan fingerprint density at radius 3 is 2.48 bits per heavy atom. The maximum Gasteiger partial charge on any atom is 0.0217 e. The van der Waals surface area contributed by atoms with Crippen molar-refractivity contribution in [2.45, 2.75) is 53.4 Å². The van der Waals surface area contributed by atoms with Crippen molar-refractivity contribution in [1.82, 2.24) is 4.90 Å². The van der Waals surface area contributed by atoms with Crippen LogP contribution in [-0.2, 0) is 0 Å². The molecular weight excluding hydrogens is 254 g/mol. The molecule has 1 aliphatic rings. The van der Waals surface area contributed by atoms with Gasteiger partial charge in [-0.1, -0.05) is 52.0 Å². The van der Waals surface area contributed by atoms with Crippen LogP contribution in [0.4, 0.5) is 0 Å². The van der Waals surface area contributed by atoms with Gasteiger partial charge in [0.2, 0.25) is 0 Å². The van der Waals surface area contributed by atoms with Crippen LogP contribution in [0.1, 0.15) is 56.2 Å². The number of aryl methyl sites for hydroxylation is 2. The van der Waals surface area contributed by atoms with E-state index in [-0.39, 0.29) is 0 Å². The summed E-state index contributed by atoms with van der Waals surface area (Å²) < 4.78 is 0. The van der Waals surface area contributed by atoms with E-state index in [1.807, 2.05) is 0 Å². The van der Waals surface area contributed by atoms with Gasteiger partial charge < -0.3 is 4.90 Å². The number of likely N-dealkylation sites (tertiary alicyclic amines) is 1. The third-order valence-electron chi connectivity index (χ3n) is 5.16. The highest BCUT2D eigenvalue weighted by Crippen LogP contribution is 2.37. The zero-order chi connectivity index (χ0) is 15.6. The number of rotatable bonds is 6. The molecule has 1 heteroatoms. The summed E-state index contributed by atoms with van der Waals surface area (Å²) >= 11 is 0. The van der Waals surface area contributed by atoms with Crippen molar-refractivity contribution in [3.63, 3.8) is 0 Å². The van der Waals surface area contributed by atoms with Crippen LogP contribution in [0.3, 0.4) is 0 Å². The second-order valence-corrected chi connectivity index (χ2v) is 7.03. The Bertz CT molecular complexity index is 497. The summed E-state index contributed by atoms with van der Waals surface area (Å²) in [5, 5.41) is 0. The molecule has 1 saturated heterocycles. The highest BCUT2D eigenvalue weighted by Gasteiger charge is 2.29. The molecule has 1 nitrogen and oxygen atoms in total. The molecule has 1 aromatic carbocycles. The van der Waals surface area contributed by atoms with Crippen molar-refractivity contribution in [3.8, 4) is 0 Å². The van der Waals surface area contributed by atoms with Gasteiger partial charge in [0.15, 0.2) is 0 Å². The van der Waals surface area contributed by atoms with E-state index < -0.39 is 0 Å². The maximum atomic E-state index is 4.41. The first-order valence-corrected chi connectivity index (χ1v) is 8.44. The summed E-state index contributed by atoms with van der Waals surface area (Å²) in [7, 11) is 0. The minimum absolute atomic E-state index is 0.527. The molecule has 0 spiro atoms. The lowest BCUT2D eigenvalue weighted by Gasteiger charge is -2.44. The Balaban J connectivity index is 2.17. The van der Waals surface area contributed by atoms with Crippen molar-refractivity contribution in [3.05, 3.63) is 47.2 Å². The molecule has 0 N–H and O–H groups in total. The first kappa shape index (κ1) is 16.1. The van der Waals surface area contributed by atoms with E-state index in [1.54, 1.807) is 0 Å². The van der Waals surface area contributed by atoms with Gasteiger partial charge in [0.1, 0.15) is 0 Å². The predicted octanol–water partition coefficient (Wildman–Crippen LogP) is 5.29. The number of allylic oxidation sites excluding steroid dienone is 1. The number of hydrogen-bond acceptors (Lipinski definition) is 1. The topological polar surface area (TPSA) is 3.24 Å². The Kier molecular flexibility index (Phi) is 5.13. The maximum absolute atomic E-state index is 4.41. The van der Waals surface area contributed by atoms with Gasteiger partial charge >= 0.3 is 0 Å². The summed E-state index contributed by atoms with van der Waals surface area (Å²) in [5.41, 5.74) is 5.62. The SMILES string of the molecule is C=C(C(C)C(CCC)c1ccc(C)c(C)c1)N1CC(C)C1. The Hall–Kier alpha value is -1.24. The van der Waals surface area contributed by atoms with E-state index >= 15 is 0 Å². The molecule has 1 fully saturated rings. The zero-order valence-corrected chi connectivity index (χ0v) is 14.4. The van der Waals surface area contributed by atoms with E-state index in [1.165, 1.54) is 48.3 Å². The highest BCUT2D eigenvalue weighted by molar-refractivity contribution is 5.33. The molecule has 1 aliphatic heterocycles. The summed E-state index contributed by atoms with van der Waals surface area (Å²) in [6.45, 7) is 18.2. The molecule has 0 saturated carbocycles. The number of benzene rings is 1. The fourth-order valence-electron chi connectivity index (χ4n) is 3.47. The van der Waals surface area contributed by atoms with Crippen molar-refractivity contribution < 1.29 is 0 Å². The molecule has 1 aromatic rings. The van der Waals surface area contributed by atoms with Gasteiger partial charge in [-0.25, -0.2) is 0 Å². The zero-order valence-electron chi connectivity index (χ0n) is 14.4. The average Bonchev–Trinajstić information content (AvgIpc) is 2.43. The van der Waals surface area contributed by atoms with E-state index in [2.05, 4.69) is 64.3 Å². The van der Waals surface area contributed by atoms with Crippen LogP contribution in [0.2, 0.25) is 0 Å². The Labute approximate surface area is 131 Å². The van der Waals surface area contributed by atoms with E-state index in [0.717, 1.165) is 5.92 Å². The second-order valence-electron chi connectivity index (χ2n) is 7.03. The van der Waals surface area contributed by atoms with Gasteiger partial charge in [0.25, 0.3) is 0 Å². The fourth-order valence-corrected chi connectivity index (χ4v) is 3.47. The normalized spacial score (nSPS) is 18.2. The lowest BCUT2D eigenvalue weighted by Crippen LogP contribution is -2.45. The van der Waals surface area contributed by atoms with Crippen LogP contribution < -0.4 is 0 Å². The largest absolute Gasteiger partial charge is 0.374 e.